The van der Waals surface area contributed by atoms with E-state index in [1.165, 1.54) is 38.4 Å². The molecule has 0 amide bonds. The fraction of sp³-hybridized carbons (Fsp3) is 0. The van der Waals surface area contributed by atoms with Gasteiger partial charge in [-0.15, -0.1) is 0 Å². The van der Waals surface area contributed by atoms with Crippen molar-refractivity contribution in [3.05, 3.63) is 164 Å². The Morgan fingerprint density at radius 3 is 1.80 bits per heavy atom. The van der Waals surface area contributed by atoms with Gasteiger partial charge < -0.3 is 4.42 Å². The van der Waals surface area contributed by atoms with Crippen molar-refractivity contribution >= 4 is 43.5 Å². The van der Waals surface area contributed by atoms with Gasteiger partial charge in [-0.05, 0) is 85.3 Å². The number of fused-ring (bicyclic) bond motifs is 7. The second kappa shape index (κ2) is 10.8. The number of hydrogen-bond acceptors (Lipinski definition) is 4. The summed E-state index contributed by atoms with van der Waals surface area (Å²) in [5, 5.41) is 6.88. The van der Waals surface area contributed by atoms with Crippen molar-refractivity contribution in [1.29, 1.82) is 0 Å². The van der Waals surface area contributed by atoms with E-state index in [1.807, 2.05) is 18.2 Å². The van der Waals surface area contributed by atoms with Crippen LogP contribution < -0.4 is 0 Å². The zero-order chi connectivity index (χ0) is 33.5. The van der Waals surface area contributed by atoms with Gasteiger partial charge in [0.15, 0.2) is 17.5 Å². The van der Waals surface area contributed by atoms with Crippen molar-refractivity contribution in [2.75, 3.05) is 0 Å². The van der Waals surface area contributed by atoms with Crippen LogP contribution in [0, 0.1) is 0 Å². The number of rotatable bonds is 4. The Kier molecular flexibility index (Phi) is 5.92. The summed E-state index contributed by atoms with van der Waals surface area (Å²) in [5.41, 5.74) is 11.6. The van der Waals surface area contributed by atoms with E-state index < -0.39 is 0 Å². The van der Waals surface area contributed by atoms with E-state index in [9.17, 15) is 0 Å². The van der Waals surface area contributed by atoms with Gasteiger partial charge in [-0.2, -0.15) is 0 Å². The van der Waals surface area contributed by atoms with Gasteiger partial charge in [0.25, 0.3) is 0 Å². The maximum Gasteiger partial charge on any atom is 0.164 e. The van der Waals surface area contributed by atoms with Crippen LogP contribution in [0.25, 0.3) is 111 Å². The van der Waals surface area contributed by atoms with Crippen LogP contribution in [-0.2, 0) is 0 Å². The molecule has 0 spiro atoms. The van der Waals surface area contributed by atoms with E-state index in [0.29, 0.717) is 17.5 Å². The summed E-state index contributed by atoms with van der Waals surface area (Å²) in [7, 11) is 0. The molecule has 11 rings (SSSR count). The van der Waals surface area contributed by atoms with E-state index in [1.54, 1.807) is 0 Å². The number of hydrogen-bond donors (Lipinski definition) is 0. The Hall–Kier alpha value is -6.91. The van der Waals surface area contributed by atoms with E-state index in [2.05, 4.69) is 146 Å². The fourth-order valence-corrected chi connectivity index (χ4v) is 7.84. The lowest BCUT2D eigenvalue weighted by Gasteiger charge is -2.11. The van der Waals surface area contributed by atoms with Crippen LogP contribution in [0.4, 0.5) is 0 Å². The van der Waals surface area contributed by atoms with Crippen LogP contribution in [0.2, 0.25) is 0 Å². The highest BCUT2D eigenvalue weighted by Crippen LogP contribution is 2.48. The summed E-state index contributed by atoms with van der Waals surface area (Å²) in [4.78, 5) is 15.6. The smallest absolute Gasteiger partial charge is 0.164 e. The molecule has 1 aliphatic rings. The van der Waals surface area contributed by atoms with E-state index in [-0.39, 0.29) is 0 Å². The highest BCUT2D eigenvalue weighted by atomic mass is 16.3. The topological polar surface area (TPSA) is 51.8 Å². The minimum Gasteiger partial charge on any atom is -0.456 e. The molecule has 0 saturated carbocycles. The zero-order valence-corrected chi connectivity index (χ0v) is 27.3. The van der Waals surface area contributed by atoms with Crippen LogP contribution in [0.3, 0.4) is 0 Å². The molecule has 4 nitrogen and oxygen atoms in total. The number of nitrogens with zero attached hydrogens (tertiary/aromatic N) is 3. The number of benzene rings is 8. The quantitative estimate of drug-likeness (QED) is 0.190. The first kappa shape index (κ1) is 28.0. The molecule has 0 aliphatic heterocycles. The predicted molar refractivity (Wildman–Crippen MR) is 208 cm³/mol. The summed E-state index contributed by atoms with van der Waals surface area (Å²) < 4.78 is 6.42. The van der Waals surface area contributed by atoms with Gasteiger partial charge in [-0.1, -0.05) is 133 Å². The molecule has 4 heteroatoms. The second-order valence-corrected chi connectivity index (χ2v) is 13.2. The third kappa shape index (κ3) is 4.37. The van der Waals surface area contributed by atoms with E-state index in [4.69, 9.17) is 19.4 Å². The van der Waals surface area contributed by atoms with Crippen LogP contribution in [0.15, 0.2) is 168 Å². The van der Waals surface area contributed by atoms with Gasteiger partial charge in [-0.25, -0.2) is 15.0 Å². The molecule has 0 N–H and O–H groups in total. The van der Waals surface area contributed by atoms with Crippen molar-refractivity contribution in [1.82, 2.24) is 15.0 Å². The van der Waals surface area contributed by atoms with E-state index >= 15 is 0 Å². The molecule has 0 atom stereocenters. The Balaban J connectivity index is 1.15. The van der Waals surface area contributed by atoms with E-state index in [0.717, 1.165) is 55.1 Å². The molecule has 1 aliphatic carbocycles. The molecule has 2 heterocycles. The minimum absolute atomic E-state index is 0.604. The first-order valence-electron chi connectivity index (χ1n) is 17.2. The Morgan fingerprint density at radius 2 is 0.961 bits per heavy atom. The normalized spacial score (nSPS) is 11.9. The average Bonchev–Trinajstić information content (AvgIpc) is 3.74. The largest absolute Gasteiger partial charge is 0.456 e. The SMILES string of the molecule is c1ccc(-c2ccc3oc4cccc(-c5nc(-c6ccc7c(c6)-c6cccc8cccc-7c68)nc(-c6ccc7ccccc7c6)n5)c4c3c2)cc1. The summed E-state index contributed by atoms with van der Waals surface area (Å²) in [6, 6.07) is 57.4. The summed E-state index contributed by atoms with van der Waals surface area (Å²) in [5.74, 6) is 1.86. The molecular weight excluding hydrogens is 623 g/mol. The Morgan fingerprint density at radius 1 is 0.314 bits per heavy atom. The molecule has 2 aromatic heterocycles. The molecule has 0 fully saturated rings. The molecule has 0 radical (unpaired) electrons. The molecule has 10 aromatic rings. The highest BCUT2D eigenvalue weighted by Gasteiger charge is 2.23. The minimum atomic E-state index is 0.604. The van der Waals surface area contributed by atoms with Crippen LogP contribution >= 0.6 is 0 Å². The van der Waals surface area contributed by atoms with Crippen molar-refractivity contribution in [3.63, 3.8) is 0 Å². The summed E-state index contributed by atoms with van der Waals surface area (Å²) in [6.07, 6.45) is 0. The van der Waals surface area contributed by atoms with Crippen molar-refractivity contribution in [3.8, 4) is 67.5 Å². The van der Waals surface area contributed by atoms with Gasteiger partial charge >= 0.3 is 0 Å². The van der Waals surface area contributed by atoms with Crippen molar-refractivity contribution in [2.45, 2.75) is 0 Å². The van der Waals surface area contributed by atoms with Gasteiger partial charge in [0.1, 0.15) is 11.2 Å². The number of aromatic nitrogens is 3. The second-order valence-electron chi connectivity index (χ2n) is 13.2. The Bertz CT molecular complexity index is 3030. The van der Waals surface area contributed by atoms with Crippen molar-refractivity contribution in [2.24, 2.45) is 0 Å². The molecule has 0 bridgehead atoms. The summed E-state index contributed by atoms with van der Waals surface area (Å²) >= 11 is 0. The zero-order valence-electron chi connectivity index (χ0n) is 27.3. The van der Waals surface area contributed by atoms with Gasteiger partial charge in [0.05, 0.1) is 0 Å². The summed E-state index contributed by atoms with van der Waals surface area (Å²) in [6.45, 7) is 0. The lowest BCUT2D eigenvalue weighted by Crippen LogP contribution is -2.00. The molecule has 8 aromatic carbocycles. The van der Waals surface area contributed by atoms with Gasteiger partial charge in [0, 0.05) is 27.5 Å². The third-order valence-electron chi connectivity index (χ3n) is 10.2. The maximum atomic E-state index is 6.42. The van der Waals surface area contributed by atoms with Gasteiger partial charge in [0.2, 0.25) is 0 Å². The number of furan rings is 1. The first-order valence-corrected chi connectivity index (χ1v) is 17.2. The highest BCUT2D eigenvalue weighted by molar-refractivity contribution is 6.16. The molecule has 51 heavy (non-hydrogen) atoms. The predicted octanol–water partition coefficient (Wildman–Crippen LogP) is 12.4. The fourth-order valence-electron chi connectivity index (χ4n) is 7.84. The standard InChI is InChI=1S/C47H27N3O/c1-2-9-28(10-3-1)32-22-24-41-40(26-32)44-38(17-8-18-42(44)51-41)47-49-45(33-20-19-29-11-4-5-12-31(29)25-33)48-46(50-47)34-21-23-35-36-15-6-13-30-14-7-16-37(43(30)36)39(35)27-34/h1-27H. The van der Waals surface area contributed by atoms with Gasteiger partial charge in [-0.3, -0.25) is 0 Å². The van der Waals surface area contributed by atoms with Crippen LogP contribution in [0.5, 0.6) is 0 Å². The molecule has 236 valence electrons. The molecule has 0 saturated heterocycles. The van der Waals surface area contributed by atoms with Crippen LogP contribution in [-0.4, -0.2) is 15.0 Å². The Labute approximate surface area is 293 Å². The third-order valence-corrected chi connectivity index (χ3v) is 10.2. The maximum absolute atomic E-state index is 6.42. The lowest BCUT2D eigenvalue weighted by molar-refractivity contribution is 0.669. The molecule has 0 unspecified atom stereocenters. The van der Waals surface area contributed by atoms with Crippen molar-refractivity contribution < 1.29 is 4.42 Å². The lowest BCUT2D eigenvalue weighted by atomic mass is 10.00. The average molecular weight is 650 g/mol. The monoisotopic (exact) mass is 649 g/mol. The molecular formula is C47H27N3O. The first-order chi connectivity index (χ1) is 25.2. The van der Waals surface area contributed by atoms with Crippen LogP contribution in [0.1, 0.15) is 0 Å².